The number of aromatic nitrogens is 2. The van der Waals surface area contributed by atoms with Crippen molar-refractivity contribution in [3.8, 4) is 11.6 Å². The number of aliphatic hydroxyl groups is 1. The molecule has 0 radical (unpaired) electrons. The number of ether oxygens (including phenoxy) is 2. The highest BCUT2D eigenvalue weighted by Crippen LogP contribution is 2.21. The third-order valence-electron chi connectivity index (χ3n) is 2.37. The van der Waals surface area contributed by atoms with Gasteiger partial charge in [-0.05, 0) is 17.7 Å². The molecule has 6 heteroatoms. The van der Waals surface area contributed by atoms with E-state index < -0.39 is 0 Å². The molecule has 0 aliphatic heterocycles. The molecule has 0 spiro atoms. The molecule has 100 valence electrons. The van der Waals surface area contributed by atoms with Crippen LogP contribution in [0.3, 0.4) is 0 Å². The fraction of sp³-hybridized carbons (Fsp3) is 0.231. The Bertz CT molecular complexity index is 543. The van der Waals surface area contributed by atoms with Gasteiger partial charge in [0.05, 0.1) is 6.61 Å². The standard InChI is InChI=1S/C13H15N3O3/c1-18-8-12-15-11(14)6-13(16-12)19-10-4-2-9(7-17)3-5-10/h2-6,17H,7-8H2,1H3,(H2,14,15,16). The summed E-state index contributed by atoms with van der Waals surface area (Å²) in [6, 6.07) is 8.59. The van der Waals surface area contributed by atoms with Gasteiger partial charge in [0, 0.05) is 13.2 Å². The van der Waals surface area contributed by atoms with Crippen molar-refractivity contribution in [2.45, 2.75) is 13.2 Å². The molecule has 0 unspecified atom stereocenters. The van der Waals surface area contributed by atoms with Crippen LogP contribution in [0.1, 0.15) is 11.4 Å². The van der Waals surface area contributed by atoms with Crippen molar-refractivity contribution in [1.29, 1.82) is 0 Å². The summed E-state index contributed by atoms with van der Waals surface area (Å²) < 4.78 is 10.5. The number of benzene rings is 1. The third-order valence-corrected chi connectivity index (χ3v) is 2.37. The van der Waals surface area contributed by atoms with Gasteiger partial charge < -0.3 is 20.3 Å². The maximum atomic E-state index is 8.96. The Labute approximate surface area is 110 Å². The van der Waals surface area contributed by atoms with Crippen molar-refractivity contribution in [1.82, 2.24) is 9.97 Å². The molecule has 0 saturated carbocycles. The van der Waals surface area contributed by atoms with E-state index in [2.05, 4.69) is 9.97 Å². The normalized spacial score (nSPS) is 10.4. The summed E-state index contributed by atoms with van der Waals surface area (Å²) >= 11 is 0. The minimum Gasteiger partial charge on any atom is -0.439 e. The molecule has 1 aromatic carbocycles. The first kappa shape index (κ1) is 13.3. The van der Waals surface area contributed by atoms with Crippen LogP contribution >= 0.6 is 0 Å². The summed E-state index contributed by atoms with van der Waals surface area (Å²) in [7, 11) is 1.56. The Morgan fingerprint density at radius 2 is 1.95 bits per heavy atom. The van der Waals surface area contributed by atoms with E-state index in [1.54, 1.807) is 37.4 Å². The fourth-order valence-electron chi connectivity index (χ4n) is 1.52. The number of aliphatic hydroxyl groups excluding tert-OH is 1. The van der Waals surface area contributed by atoms with Crippen molar-refractivity contribution in [3.05, 3.63) is 41.7 Å². The van der Waals surface area contributed by atoms with Crippen LogP contribution in [0.15, 0.2) is 30.3 Å². The van der Waals surface area contributed by atoms with Crippen LogP contribution in [0.25, 0.3) is 0 Å². The largest absolute Gasteiger partial charge is 0.439 e. The maximum absolute atomic E-state index is 8.96. The smallest absolute Gasteiger partial charge is 0.224 e. The lowest BCUT2D eigenvalue weighted by Gasteiger charge is -2.07. The second kappa shape index (κ2) is 6.12. The molecule has 0 saturated heterocycles. The van der Waals surface area contributed by atoms with Crippen LogP contribution in [0.2, 0.25) is 0 Å². The molecule has 1 aromatic heterocycles. The monoisotopic (exact) mass is 261 g/mol. The van der Waals surface area contributed by atoms with Gasteiger partial charge in [-0.15, -0.1) is 0 Å². The molecule has 0 aliphatic carbocycles. The topological polar surface area (TPSA) is 90.5 Å². The van der Waals surface area contributed by atoms with Crippen LogP contribution in [0, 0.1) is 0 Å². The van der Waals surface area contributed by atoms with Crippen LogP contribution in [-0.4, -0.2) is 22.2 Å². The van der Waals surface area contributed by atoms with E-state index in [1.807, 2.05) is 0 Å². The highest BCUT2D eigenvalue weighted by molar-refractivity contribution is 5.36. The van der Waals surface area contributed by atoms with E-state index in [0.717, 1.165) is 5.56 Å². The zero-order valence-corrected chi connectivity index (χ0v) is 10.5. The van der Waals surface area contributed by atoms with E-state index in [0.29, 0.717) is 23.3 Å². The fourth-order valence-corrected chi connectivity index (χ4v) is 1.52. The van der Waals surface area contributed by atoms with E-state index in [-0.39, 0.29) is 13.2 Å². The van der Waals surface area contributed by atoms with Crippen molar-refractivity contribution in [2.24, 2.45) is 0 Å². The Balaban J connectivity index is 2.17. The molecule has 0 aliphatic rings. The van der Waals surface area contributed by atoms with E-state index >= 15 is 0 Å². The number of nitrogens with zero attached hydrogens (tertiary/aromatic N) is 2. The van der Waals surface area contributed by atoms with Crippen molar-refractivity contribution in [3.63, 3.8) is 0 Å². The summed E-state index contributed by atoms with van der Waals surface area (Å²) in [4.78, 5) is 8.19. The van der Waals surface area contributed by atoms with Gasteiger partial charge in [0.1, 0.15) is 18.2 Å². The lowest BCUT2D eigenvalue weighted by molar-refractivity contribution is 0.177. The van der Waals surface area contributed by atoms with Gasteiger partial charge in [0.15, 0.2) is 5.82 Å². The van der Waals surface area contributed by atoms with Crippen molar-refractivity contribution in [2.75, 3.05) is 12.8 Å². The Morgan fingerprint density at radius 1 is 1.21 bits per heavy atom. The molecule has 2 aromatic rings. The van der Waals surface area contributed by atoms with Crippen LogP contribution in [0.5, 0.6) is 11.6 Å². The quantitative estimate of drug-likeness (QED) is 0.847. The second-order valence-corrected chi connectivity index (χ2v) is 3.88. The number of methoxy groups -OCH3 is 1. The Hall–Kier alpha value is -2.18. The number of hydrogen-bond acceptors (Lipinski definition) is 6. The molecule has 0 bridgehead atoms. The summed E-state index contributed by atoms with van der Waals surface area (Å²) in [5, 5.41) is 8.96. The van der Waals surface area contributed by atoms with Gasteiger partial charge in [-0.2, -0.15) is 4.98 Å². The Kier molecular flexibility index (Phi) is 4.27. The summed E-state index contributed by atoms with van der Waals surface area (Å²) in [5.41, 5.74) is 6.48. The first-order chi connectivity index (χ1) is 9.21. The van der Waals surface area contributed by atoms with Crippen LogP contribution in [-0.2, 0) is 18.0 Å². The average molecular weight is 261 g/mol. The number of nitrogen functional groups attached to an aromatic ring is 1. The van der Waals surface area contributed by atoms with E-state index in [1.165, 1.54) is 0 Å². The molecular formula is C13H15N3O3. The second-order valence-electron chi connectivity index (χ2n) is 3.88. The number of rotatable bonds is 5. The van der Waals surface area contributed by atoms with Crippen molar-refractivity contribution < 1.29 is 14.6 Å². The molecule has 1 heterocycles. The molecule has 0 amide bonds. The molecular weight excluding hydrogens is 246 g/mol. The van der Waals surface area contributed by atoms with Crippen molar-refractivity contribution >= 4 is 5.82 Å². The van der Waals surface area contributed by atoms with Gasteiger partial charge in [-0.25, -0.2) is 4.98 Å². The minimum absolute atomic E-state index is 0.00127. The molecule has 2 rings (SSSR count). The van der Waals surface area contributed by atoms with E-state index in [4.69, 9.17) is 20.3 Å². The molecule has 6 nitrogen and oxygen atoms in total. The number of hydrogen-bond donors (Lipinski definition) is 2. The molecule has 19 heavy (non-hydrogen) atoms. The van der Waals surface area contributed by atoms with Gasteiger partial charge in [0.25, 0.3) is 0 Å². The zero-order chi connectivity index (χ0) is 13.7. The minimum atomic E-state index is -0.00127. The van der Waals surface area contributed by atoms with Crippen LogP contribution in [0.4, 0.5) is 5.82 Å². The number of anilines is 1. The number of nitrogens with two attached hydrogens (primary N) is 1. The molecule has 0 fully saturated rings. The molecule has 3 N–H and O–H groups in total. The van der Waals surface area contributed by atoms with Gasteiger partial charge in [-0.1, -0.05) is 12.1 Å². The average Bonchev–Trinajstić information content (AvgIpc) is 2.39. The maximum Gasteiger partial charge on any atom is 0.224 e. The van der Waals surface area contributed by atoms with Gasteiger partial charge >= 0.3 is 0 Å². The SMILES string of the molecule is COCc1nc(N)cc(Oc2ccc(CO)cc2)n1. The van der Waals surface area contributed by atoms with E-state index in [9.17, 15) is 0 Å². The highest BCUT2D eigenvalue weighted by atomic mass is 16.5. The first-order valence-electron chi connectivity index (χ1n) is 5.71. The predicted octanol–water partition coefficient (Wildman–Crippen LogP) is 1.49. The summed E-state index contributed by atoms with van der Waals surface area (Å²) in [5.74, 6) is 1.75. The lowest BCUT2D eigenvalue weighted by atomic mass is 10.2. The highest BCUT2D eigenvalue weighted by Gasteiger charge is 2.05. The lowest BCUT2D eigenvalue weighted by Crippen LogP contribution is -2.02. The first-order valence-corrected chi connectivity index (χ1v) is 5.71. The predicted molar refractivity (Wildman–Crippen MR) is 69.6 cm³/mol. The van der Waals surface area contributed by atoms with Crippen LogP contribution < -0.4 is 10.5 Å². The zero-order valence-electron chi connectivity index (χ0n) is 10.5. The molecule has 0 atom stereocenters. The summed E-state index contributed by atoms with van der Waals surface area (Å²) in [6.45, 7) is 0.267. The Morgan fingerprint density at radius 3 is 2.58 bits per heavy atom. The third kappa shape index (κ3) is 3.64. The summed E-state index contributed by atoms with van der Waals surface area (Å²) in [6.07, 6.45) is 0. The van der Waals surface area contributed by atoms with Gasteiger partial charge in [-0.3, -0.25) is 0 Å². The van der Waals surface area contributed by atoms with Gasteiger partial charge in [0.2, 0.25) is 5.88 Å².